The molecule has 2 heteroatoms. The van der Waals surface area contributed by atoms with Crippen LogP contribution in [0.3, 0.4) is 0 Å². The van der Waals surface area contributed by atoms with Crippen molar-refractivity contribution < 1.29 is 4.79 Å². The van der Waals surface area contributed by atoms with E-state index in [1.807, 2.05) is 13.8 Å². The molecule has 1 aliphatic carbocycles. The van der Waals surface area contributed by atoms with Crippen molar-refractivity contribution in [3.8, 4) is 0 Å². The summed E-state index contributed by atoms with van der Waals surface area (Å²) in [6, 6.07) is 2.32. The van der Waals surface area contributed by atoms with Crippen LogP contribution in [0, 0.1) is 0 Å². The minimum atomic E-state index is -0.490. The van der Waals surface area contributed by atoms with Crippen LogP contribution in [-0.4, -0.2) is 11.3 Å². The molecule has 1 aromatic carbocycles. The third-order valence-corrected chi connectivity index (χ3v) is 5.46. The maximum Gasteiger partial charge on any atom is 0.167 e. The van der Waals surface area contributed by atoms with Gasteiger partial charge in [0, 0.05) is 5.69 Å². The zero-order valence-electron chi connectivity index (χ0n) is 15.1. The summed E-state index contributed by atoms with van der Waals surface area (Å²) in [5.74, 6) is 0.283. The molecule has 0 atom stereocenters. The predicted molar refractivity (Wildman–Crippen MR) is 92.9 cm³/mol. The van der Waals surface area contributed by atoms with E-state index in [0.29, 0.717) is 0 Å². The van der Waals surface area contributed by atoms with E-state index < -0.39 is 11.0 Å². The fraction of sp³-hybridized carbons (Fsp3) is 0.650. The first-order valence-corrected chi connectivity index (χ1v) is 8.49. The first kappa shape index (κ1) is 15.6. The van der Waals surface area contributed by atoms with Gasteiger partial charge in [0.2, 0.25) is 0 Å². The number of carbonyl (C=O) groups is 1. The van der Waals surface area contributed by atoms with Crippen LogP contribution in [-0.2, 0) is 28.5 Å². The van der Waals surface area contributed by atoms with Gasteiger partial charge >= 0.3 is 0 Å². The SMILES string of the molecule is CC1(C)Nc2c(cc(C(C)(C)C)c3c2CCC3)C(C)(C)C1=O. The summed E-state index contributed by atoms with van der Waals surface area (Å²) in [5, 5.41) is 3.57. The van der Waals surface area contributed by atoms with Crippen LogP contribution in [0.15, 0.2) is 6.07 Å². The second kappa shape index (κ2) is 4.37. The molecule has 3 rings (SSSR count). The third-order valence-electron chi connectivity index (χ3n) is 5.46. The average Bonchev–Trinajstić information content (AvgIpc) is 2.83. The van der Waals surface area contributed by atoms with Gasteiger partial charge in [0.25, 0.3) is 0 Å². The molecule has 0 saturated carbocycles. The third kappa shape index (κ3) is 2.03. The van der Waals surface area contributed by atoms with Crippen molar-refractivity contribution in [2.24, 2.45) is 0 Å². The maximum atomic E-state index is 12.9. The molecule has 0 bridgehead atoms. The zero-order chi connectivity index (χ0) is 16.5. The molecule has 0 radical (unpaired) electrons. The Kier molecular flexibility index (Phi) is 3.09. The lowest BCUT2D eigenvalue weighted by molar-refractivity contribution is -0.127. The quantitative estimate of drug-likeness (QED) is 0.763. The van der Waals surface area contributed by atoms with Crippen LogP contribution in [0.1, 0.15) is 77.1 Å². The molecule has 0 saturated heterocycles. The van der Waals surface area contributed by atoms with Gasteiger partial charge in [0.1, 0.15) is 0 Å². The van der Waals surface area contributed by atoms with Crippen molar-refractivity contribution in [1.29, 1.82) is 0 Å². The highest BCUT2D eigenvalue weighted by molar-refractivity contribution is 6.03. The largest absolute Gasteiger partial charge is 0.373 e. The summed E-state index contributed by atoms with van der Waals surface area (Å²) >= 11 is 0. The van der Waals surface area contributed by atoms with Crippen LogP contribution in [0.4, 0.5) is 5.69 Å². The molecule has 0 fully saturated rings. The van der Waals surface area contributed by atoms with E-state index in [4.69, 9.17) is 0 Å². The molecule has 1 aromatic rings. The minimum Gasteiger partial charge on any atom is -0.373 e. The summed E-state index contributed by atoms with van der Waals surface area (Å²) in [7, 11) is 0. The maximum absolute atomic E-state index is 12.9. The fourth-order valence-corrected chi connectivity index (χ4v) is 4.36. The van der Waals surface area contributed by atoms with Crippen LogP contribution in [0.2, 0.25) is 0 Å². The molecule has 0 amide bonds. The smallest absolute Gasteiger partial charge is 0.167 e. The van der Waals surface area contributed by atoms with E-state index >= 15 is 0 Å². The molecule has 120 valence electrons. The zero-order valence-corrected chi connectivity index (χ0v) is 15.1. The summed E-state index contributed by atoms with van der Waals surface area (Å²) < 4.78 is 0. The standard InChI is InChI=1S/C20H29NO/c1-18(2,3)14-11-15-16(13-10-8-9-12(13)14)21-20(6,7)17(22)19(15,4)5/h11,21H,8-10H2,1-7H3. The van der Waals surface area contributed by atoms with Gasteiger partial charge < -0.3 is 5.32 Å². The highest BCUT2D eigenvalue weighted by Gasteiger charge is 2.47. The molecule has 1 N–H and O–H groups in total. The lowest BCUT2D eigenvalue weighted by atomic mass is 9.67. The highest BCUT2D eigenvalue weighted by atomic mass is 16.1. The van der Waals surface area contributed by atoms with Crippen molar-refractivity contribution >= 4 is 11.5 Å². The Labute approximate surface area is 134 Å². The number of ketones is 1. The van der Waals surface area contributed by atoms with Crippen molar-refractivity contribution in [3.05, 3.63) is 28.3 Å². The lowest BCUT2D eigenvalue weighted by Gasteiger charge is -2.44. The molecule has 22 heavy (non-hydrogen) atoms. The Bertz CT molecular complexity index is 659. The number of hydrogen-bond donors (Lipinski definition) is 1. The molecule has 0 spiro atoms. The van der Waals surface area contributed by atoms with Crippen molar-refractivity contribution in [2.45, 2.75) is 84.1 Å². The number of Topliss-reactive ketones (excluding diaryl/α,β-unsaturated/α-hetero) is 1. The van der Waals surface area contributed by atoms with E-state index in [1.54, 1.807) is 0 Å². The van der Waals surface area contributed by atoms with Crippen LogP contribution >= 0.6 is 0 Å². The van der Waals surface area contributed by atoms with E-state index in [2.05, 4.69) is 46.0 Å². The topological polar surface area (TPSA) is 29.1 Å². The van der Waals surface area contributed by atoms with E-state index in [-0.39, 0.29) is 11.2 Å². The highest BCUT2D eigenvalue weighted by Crippen LogP contribution is 2.48. The van der Waals surface area contributed by atoms with Gasteiger partial charge in [-0.3, -0.25) is 4.79 Å². The van der Waals surface area contributed by atoms with Gasteiger partial charge in [-0.25, -0.2) is 0 Å². The van der Waals surface area contributed by atoms with Gasteiger partial charge in [-0.2, -0.15) is 0 Å². The second-order valence-corrected chi connectivity index (χ2v) is 9.11. The number of fused-ring (bicyclic) bond motifs is 3. The van der Waals surface area contributed by atoms with Gasteiger partial charge in [-0.05, 0) is 74.6 Å². The van der Waals surface area contributed by atoms with Gasteiger partial charge in [-0.15, -0.1) is 0 Å². The summed E-state index contributed by atoms with van der Waals surface area (Å²) in [6.45, 7) is 15.0. The van der Waals surface area contributed by atoms with Crippen LogP contribution in [0.25, 0.3) is 0 Å². The van der Waals surface area contributed by atoms with E-state index in [0.717, 1.165) is 6.42 Å². The molecule has 1 heterocycles. The number of anilines is 1. The van der Waals surface area contributed by atoms with E-state index in [1.165, 1.54) is 40.8 Å². The van der Waals surface area contributed by atoms with Gasteiger partial charge in [0.15, 0.2) is 5.78 Å². The summed E-state index contributed by atoms with van der Waals surface area (Å²) in [6.07, 6.45) is 3.53. The first-order chi connectivity index (χ1) is 9.96. The Hall–Kier alpha value is -1.31. The Morgan fingerprint density at radius 3 is 2.23 bits per heavy atom. The fourth-order valence-electron chi connectivity index (χ4n) is 4.36. The molecule has 1 aliphatic heterocycles. The predicted octanol–water partition coefficient (Wildman–Crippen LogP) is 4.52. The van der Waals surface area contributed by atoms with Crippen LogP contribution in [0.5, 0.6) is 0 Å². The normalized spacial score (nSPS) is 22.0. The number of nitrogens with one attached hydrogen (secondary N) is 1. The molecule has 2 aliphatic rings. The molecule has 0 unspecified atom stereocenters. The number of benzene rings is 1. The second-order valence-electron chi connectivity index (χ2n) is 9.11. The van der Waals surface area contributed by atoms with E-state index in [9.17, 15) is 4.79 Å². The number of carbonyl (C=O) groups excluding carboxylic acids is 1. The van der Waals surface area contributed by atoms with Crippen molar-refractivity contribution in [2.75, 3.05) is 5.32 Å². The molecular weight excluding hydrogens is 270 g/mol. The first-order valence-electron chi connectivity index (χ1n) is 8.49. The van der Waals surface area contributed by atoms with Crippen molar-refractivity contribution in [1.82, 2.24) is 0 Å². The summed E-state index contributed by atoms with van der Waals surface area (Å²) in [5.41, 5.74) is 6.07. The average molecular weight is 299 g/mol. The van der Waals surface area contributed by atoms with Gasteiger partial charge in [-0.1, -0.05) is 26.8 Å². The van der Waals surface area contributed by atoms with Crippen LogP contribution < -0.4 is 5.32 Å². The lowest BCUT2D eigenvalue weighted by Crippen LogP contribution is -2.54. The molecule has 2 nitrogen and oxygen atoms in total. The number of rotatable bonds is 0. The Morgan fingerprint density at radius 1 is 1.05 bits per heavy atom. The minimum absolute atomic E-state index is 0.121. The monoisotopic (exact) mass is 299 g/mol. The Balaban J connectivity index is 2.34. The van der Waals surface area contributed by atoms with Gasteiger partial charge in [0.05, 0.1) is 11.0 Å². The summed E-state index contributed by atoms with van der Waals surface area (Å²) in [4.78, 5) is 12.9. The molecular formula is C20H29NO. The Morgan fingerprint density at radius 2 is 1.64 bits per heavy atom. The molecule has 0 aromatic heterocycles. The number of hydrogen-bond acceptors (Lipinski definition) is 2. The van der Waals surface area contributed by atoms with Crippen molar-refractivity contribution in [3.63, 3.8) is 0 Å².